The normalized spacial score (nSPS) is 24.6. The van der Waals surface area contributed by atoms with Crippen molar-refractivity contribution in [3.63, 3.8) is 0 Å². The highest BCUT2D eigenvalue weighted by molar-refractivity contribution is 5.70. The number of aliphatic carboxylic acids is 1. The van der Waals surface area contributed by atoms with E-state index in [0.717, 1.165) is 19.5 Å². The van der Waals surface area contributed by atoms with E-state index in [-0.39, 0.29) is 5.92 Å². The van der Waals surface area contributed by atoms with Crippen molar-refractivity contribution in [3.8, 4) is 0 Å². The number of nitrogens with zero attached hydrogens (tertiary/aromatic N) is 1. The Bertz CT molecular complexity index is 160. The summed E-state index contributed by atoms with van der Waals surface area (Å²) in [6, 6.07) is 0. The highest BCUT2D eigenvalue weighted by Crippen LogP contribution is 2.15. The van der Waals surface area contributed by atoms with Gasteiger partial charge < -0.3 is 14.7 Å². The Morgan fingerprint density at radius 2 is 2.50 bits per heavy atom. The van der Waals surface area contributed by atoms with Crippen LogP contribution in [0.5, 0.6) is 0 Å². The van der Waals surface area contributed by atoms with Crippen LogP contribution >= 0.6 is 0 Å². The monoisotopic (exact) mass is 173 g/mol. The molecule has 4 nitrogen and oxygen atoms in total. The Hall–Kier alpha value is -0.610. The number of ether oxygens (including phenoxy) is 1. The fourth-order valence-corrected chi connectivity index (χ4v) is 1.46. The molecule has 1 heterocycles. The van der Waals surface area contributed by atoms with Gasteiger partial charge in [-0.2, -0.15) is 0 Å². The number of rotatable bonds is 4. The SMILES string of the molecule is COCCN1CC[C@H](C(=O)O)C1. The van der Waals surface area contributed by atoms with Crippen molar-refractivity contribution >= 4 is 5.97 Å². The third-order valence-corrected chi connectivity index (χ3v) is 2.23. The van der Waals surface area contributed by atoms with Crippen LogP contribution in [0.1, 0.15) is 6.42 Å². The summed E-state index contributed by atoms with van der Waals surface area (Å²) in [6.07, 6.45) is 0.777. The molecule has 0 unspecified atom stereocenters. The molecule has 1 N–H and O–H groups in total. The van der Waals surface area contributed by atoms with Gasteiger partial charge in [0.1, 0.15) is 0 Å². The second kappa shape index (κ2) is 4.42. The Labute approximate surface area is 72.1 Å². The third-order valence-electron chi connectivity index (χ3n) is 2.23. The van der Waals surface area contributed by atoms with E-state index in [2.05, 4.69) is 4.90 Å². The van der Waals surface area contributed by atoms with Gasteiger partial charge in [-0.05, 0) is 13.0 Å². The van der Waals surface area contributed by atoms with E-state index in [4.69, 9.17) is 9.84 Å². The number of carbonyl (C=O) groups is 1. The maximum atomic E-state index is 10.6. The molecule has 12 heavy (non-hydrogen) atoms. The van der Waals surface area contributed by atoms with E-state index in [1.165, 1.54) is 0 Å². The van der Waals surface area contributed by atoms with E-state index < -0.39 is 5.97 Å². The predicted octanol–water partition coefficient (Wildman–Crippen LogP) is 0.0393. The van der Waals surface area contributed by atoms with Crippen LogP contribution in [-0.4, -0.2) is 49.3 Å². The molecule has 0 saturated carbocycles. The van der Waals surface area contributed by atoms with E-state index in [0.29, 0.717) is 13.2 Å². The molecule has 0 bridgehead atoms. The van der Waals surface area contributed by atoms with E-state index >= 15 is 0 Å². The summed E-state index contributed by atoms with van der Waals surface area (Å²) in [7, 11) is 1.66. The van der Waals surface area contributed by atoms with Crippen LogP contribution < -0.4 is 0 Å². The number of carboxylic acid groups (broad SMARTS) is 1. The van der Waals surface area contributed by atoms with Gasteiger partial charge in [-0.3, -0.25) is 4.79 Å². The molecule has 1 aliphatic heterocycles. The molecule has 0 radical (unpaired) electrons. The molecular formula is C8H15NO3. The average Bonchev–Trinajstić information content (AvgIpc) is 2.48. The average molecular weight is 173 g/mol. The van der Waals surface area contributed by atoms with Crippen LogP contribution in [0.25, 0.3) is 0 Å². The van der Waals surface area contributed by atoms with E-state index in [1.807, 2.05) is 0 Å². The Balaban J connectivity index is 2.21. The minimum absolute atomic E-state index is 0.165. The lowest BCUT2D eigenvalue weighted by Gasteiger charge is -2.13. The van der Waals surface area contributed by atoms with Crippen molar-refractivity contribution < 1.29 is 14.6 Å². The first-order valence-corrected chi connectivity index (χ1v) is 4.18. The van der Waals surface area contributed by atoms with Gasteiger partial charge in [-0.15, -0.1) is 0 Å². The number of methoxy groups -OCH3 is 1. The smallest absolute Gasteiger partial charge is 0.307 e. The Morgan fingerprint density at radius 1 is 1.75 bits per heavy atom. The molecule has 70 valence electrons. The van der Waals surface area contributed by atoms with Crippen molar-refractivity contribution in [2.45, 2.75) is 6.42 Å². The second-order valence-electron chi connectivity index (χ2n) is 3.12. The van der Waals surface area contributed by atoms with Gasteiger partial charge in [0.05, 0.1) is 12.5 Å². The molecule has 0 aliphatic carbocycles. The zero-order chi connectivity index (χ0) is 8.97. The Morgan fingerprint density at radius 3 is 3.00 bits per heavy atom. The number of likely N-dealkylation sites (tertiary alicyclic amines) is 1. The molecular weight excluding hydrogens is 158 g/mol. The first-order chi connectivity index (χ1) is 5.74. The first-order valence-electron chi connectivity index (χ1n) is 4.18. The van der Waals surface area contributed by atoms with E-state index in [9.17, 15) is 4.79 Å². The highest BCUT2D eigenvalue weighted by Gasteiger charge is 2.27. The summed E-state index contributed by atoms with van der Waals surface area (Å²) >= 11 is 0. The van der Waals surface area contributed by atoms with Crippen LogP contribution in [0.4, 0.5) is 0 Å². The van der Waals surface area contributed by atoms with Gasteiger partial charge in [-0.25, -0.2) is 0 Å². The van der Waals surface area contributed by atoms with Crippen molar-refractivity contribution in [3.05, 3.63) is 0 Å². The minimum atomic E-state index is -0.671. The highest BCUT2D eigenvalue weighted by atomic mass is 16.5. The summed E-state index contributed by atoms with van der Waals surface area (Å²) in [6.45, 7) is 3.10. The summed E-state index contributed by atoms with van der Waals surface area (Å²) in [5.41, 5.74) is 0. The van der Waals surface area contributed by atoms with Gasteiger partial charge in [0.2, 0.25) is 0 Å². The van der Waals surface area contributed by atoms with Crippen LogP contribution in [-0.2, 0) is 9.53 Å². The van der Waals surface area contributed by atoms with Crippen LogP contribution in [0.15, 0.2) is 0 Å². The van der Waals surface area contributed by atoms with Gasteiger partial charge in [-0.1, -0.05) is 0 Å². The van der Waals surface area contributed by atoms with Crippen molar-refractivity contribution in [1.29, 1.82) is 0 Å². The lowest BCUT2D eigenvalue weighted by atomic mass is 10.1. The molecule has 0 aromatic carbocycles. The van der Waals surface area contributed by atoms with Gasteiger partial charge in [0.15, 0.2) is 0 Å². The molecule has 0 aromatic rings. The van der Waals surface area contributed by atoms with Gasteiger partial charge in [0, 0.05) is 20.2 Å². The summed E-state index contributed by atoms with van der Waals surface area (Å²) in [4.78, 5) is 12.7. The lowest BCUT2D eigenvalue weighted by Crippen LogP contribution is -2.26. The van der Waals surface area contributed by atoms with Crippen LogP contribution in [0.3, 0.4) is 0 Å². The Kier molecular flexibility index (Phi) is 3.49. The maximum absolute atomic E-state index is 10.6. The number of carboxylic acids is 1. The van der Waals surface area contributed by atoms with Crippen LogP contribution in [0.2, 0.25) is 0 Å². The molecule has 0 spiro atoms. The maximum Gasteiger partial charge on any atom is 0.307 e. The summed E-state index contributed by atoms with van der Waals surface area (Å²) < 4.78 is 4.91. The molecule has 0 amide bonds. The molecule has 1 atom stereocenters. The zero-order valence-electron chi connectivity index (χ0n) is 7.32. The fraction of sp³-hybridized carbons (Fsp3) is 0.875. The first kappa shape index (κ1) is 9.48. The van der Waals surface area contributed by atoms with Crippen LogP contribution in [0, 0.1) is 5.92 Å². The van der Waals surface area contributed by atoms with Gasteiger partial charge in [0.25, 0.3) is 0 Å². The van der Waals surface area contributed by atoms with Crippen molar-refractivity contribution in [1.82, 2.24) is 4.90 Å². The standard InChI is InChI=1S/C8H15NO3/c1-12-5-4-9-3-2-7(6-9)8(10)11/h7H,2-6H2,1H3,(H,10,11)/t7-/m0/s1. The zero-order valence-corrected chi connectivity index (χ0v) is 7.32. The minimum Gasteiger partial charge on any atom is -0.481 e. The molecule has 1 saturated heterocycles. The molecule has 4 heteroatoms. The number of hydrogen-bond donors (Lipinski definition) is 1. The third kappa shape index (κ3) is 2.46. The van der Waals surface area contributed by atoms with Crippen molar-refractivity contribution in [2.24, 2.45) is 5.92 Å². The molecule has 1 rings (SSSR count). The predicted molar refractivity (Wildman–Crippen MR) is 44.1 cm³/mol. The number of hydrogen-bond acceptors (Lipinski definition) is 3. The summed E-state index contributed by atoms with van der Waals surface area (Å²) in [5, 5.41) is 8.70. The van der Waals surface area contributed by atoms with Crippen molar-refractivity contribution in [2.75, 3.05) is 33.4 Å². The van der Waals surface area contributed by atoms with E-state index in [1.54, 1.807) is 7.11 Å². The largest absolute Gasteiger partial charge is 0.481 e. The quantitative estimate of drug-likeness (QED) is 0.652. The molecule has 1 aliphatic rings. The topological polar surface area (TPSA) is 49.8 Å². The summed E-state index contributed by atoms with van der Waals surface area (Å²) in [5.74, 6) is -0.836. The second-order valence-corrected chi connectivity index (χ2v) is 3.12. The molecule has 1 fully saturated rings. The fourth-order valence-electron chi connectivity index (χ4n) is 1.46. The lowest BCUT2D eigenvalue weighted by molar-refractivity contribution is -0.141. The molecule has 0 aromatic heterocycles. The van der Waals surface area contributed by atoms with Gasteiger partial charge >= 0.3 is 5.97 Å².